The van der Waals surface area contributed by atoms with Crippen molar-refractivity contribution in [3.8, 4) is 17.0 Å². The molecule has 2 aromatic rings. The van der Waals surface area contributed by atoms with E-state index in [1.165, 1.54) is 0 Å². The zero-order chi connectivity index (χ0) is 14.7. The lowest BCUT2D eigenvalue weighted by molar-refractivity contribution is 0.415. The topological polar surface area (TPSA) is 64.3 Å². The highest BCUT2D eigenvalue weighted by atomic mass is 16.5. The summed E-state index contributed by atoms with van der Waals surface area (Å²) in [6.45, 7) is 1.91. The summed E-state index contributed by atoms with van der Waals surface area (Å²) in [7, 11) is 1.66. The molecule has 0 radical (unpaired) electrons. The van der Waals surface area contributed by atoms with Crippen LogP contribution in [-0.4, -0.2) is 36.4 Å². The van der Waals surface area contributed by atoms with E-state index in [1.807, 2.05) is 36.4 Å². The molecule has 0 aliphatic carbocycles. The Hall–Kier alpha value is -2.14. The van der Waals surface area contributed by atoms with E-state index in [2.05, 4.69) is 15.1 Å². The lowest BCUT2D eigenvalue weighted by atomic mass is 10.1. The van der Waals surface area contributed by atoms with Crippen LogP contribution in [0.25, 0.3) is 11.3 Å². The third-order valence-electron chi connectivity index (χ3n) is 3.88. The molecule has 0 bridgehead atoms. The van der Waals surface area contributed by atoms with Crippen LogP contribution >= 0.6 is 0 Å². The van der Waals surface area contributed by atoms with Crippen molar-refractivity contribution in [2.24, 2.45) is 5.73 Å². The Morgan fingerprint density at radius 2 is 1.95 bits per heavy atom. The standard InChI is InChI=1S/C16H20N4O/c1-21-14-4-2-3-12(11-14)15-5-6-16(19-18-15)20-9-7-13(17)8-10-20/h2-6,11,13H,7-10,17H2,1H3. The summed E-state index contributed by atoms with van der Waals surface area (Å²) in [6, 6.07) is 12.2. The zero-order valence-electron chi connectivity index (χ0n) is 12.2. The van der Waals surface area contributed by atoms with E-state index in [0.29, 0.717) is 6.04 Å². The Morgan fingerprint density at radius 3 is 2.62 bits per heavy atom. The molecule has 0 unspecified atom stereocenters. The Morgan fingerprint density at radius 1 is 1.14 bits per heavy atom. The average Bonchev–Trinajstić information content (AvgIpc) is 2.56. The smallest absolute Gasteiger partial charge is 0.151 e. The number of benzene rings is 1. The van der Waals surface area contributed by atoms with E-state index in [-0.39, 0.29) is 0 Å². The lowest BCUT2D eigenvalue weighted by Gasteiger charge is -2.30. The third-order valence-corrected chi connectivity index (χ3v) is 3.88. The van der Waals surface area contributed by atoms with Gasteiger partial charge < -0.3 is 15.4 Å². The summed E-state index contributed by atoms with van der Waals surface area (Å²) in [6.07, 6.45) is 2.03. The van der Waals surface area contributed by atoms with Crippen molar-refractivity contribution in [3.63, 3.8) is 0 Å². The fourth-order valence-corrected chi connectivity index (χ4v) is 2.56. The highest BCUT2D eigenvalue weighted by molar-refractivity contribution is 5.61. The fourth-order valence-electron chi connectivity index (χ4n) is 2.56. The molecule has 1 aliphatic rings. The normalized spacial score (nSPS) is 16.0. The Bertz CT molecular complexity index is 591. The van der Waals surface area contributed by atoms with E-state index in [4.69, 9.17) is 10.5 Å². The minimum Gasteiger partial charge on any atom is -0.497 e. The van der Waals surface area contributed by atoms with Crippen LogP contribution < -0.4 is 15.4 Å². The first-order chi connectivity index (χ1) is 10.3. The van der Waals surface area contributed by atoms with Gasteiger partial charge in [0.2, 0.25) is 0 Å². The summed E-state index contributed by atoms with van der Waals surface area (Å²) < 4.78 is 5.24. The van der Waals surface area contributed by atoms with E-state index >= 15 is 0 Å². The average molecular weight is 284 g/mol. The molecule has 0 amide bonds. The van der Waals surface area contributed by atoms with Gasteiger partial charge in [-0.3, -0.25) is 0 Å². The minimum absolute atomic E-state index is 0.324. The highest BCUT2D eigenvalue weighted by Crippen LogP contribution is 2.23. The van der Waals surface area contributed by atoms with Gasteiger partial charge in [0, 0.05) is 24.7 Å². The first kappa shape index (κ1) is 13.8. The van der Waals surface area contributed by atoms with Crippen molar-refractivity contribution in [2.75, 3.05) is 25.1 Å². The molecular formula is C16H20N4O. The molecule has 2 heterocycles. The van der Waals surface area contributed by atoms with E-state index in [1.54, 1.807) is 7.11 Å². The zero-order valence-corrected chi connectivity index (χ0v) is 12.2. The first-order valence-electron chi connectivity index (χ1n) is 7.25. The van der Waals surface area contributed by atoms with Crippen LogP contribution in [0.15, 0.2) is 36.4 Å². The maximum atomic E-state index is 5.93. The van der Waals surface area contributed by atoms with Gasteiger partial charge in [-0.25, -0.2) is 0 Å². The number of piperidine rings is 1. The second-order valence-electron chi connectivity index (χ2n) is 5.33. The number of hydrogen-bond acceptors (Lipinski definition) is 5. The largest absolute Gasteiger partial charge is 0.497 e. The SMILES string of the molecule is COc1cccc(-c2ccc(N3CCC(N)CC3)nn2)c1. The lowest BCUT2D eigenvalue weighted by Crippen LogP contribution is -2.40. The Kier molecular flexibility index (Phi) is 4.01. The predicted molar refractivity (Wildman–Crippen MR) is 83.4 cm³/mol. The fraction of sp³-hybridized carbons (Fsp3) is 0.375. The molecule has 1 fully saturated rings. The van der Waals surface area contributed by atoms with Crippen LogP contribution in [0.4, 0.5) is 5.82 Å². The van der Waals surface area contributed by atoms with Gasteiger partial charge in [0.15, 0.2) is 5.82 Å². The summed E-state index contributed by atoms with van der Waals surface area (Å²) >= 11 is 0. The van der Waals surface area contributed by atoms with E-state index in [0.717, 1.165) is 48.8 Å². The maximum absolute atomic E-state index is 5.93. The van der Waals surface area contributed by atoms with Gasteiger partial charge >= 0.3 is 0 Å². The van der Waals surface area contributed by atoms with Crippen LogP contribution in [0.2, 0.25) is 0 Å². The second-order valence-corrected chi connectivity index (χ2v) is 5.33. The van der Waals surface area contributed by atoms with Crippen molar-refractivity contribution in [3.05, 3.63) is 36.4 Å². The van der Waals surface area contributed by atoms with Crippen molar-refractivity contribution < 1.29 is 4.74 Å². The number of anilines is 1. The number of aromatic nitrogens is 2. The van der Waals surface area contributed by atoms with Gasteiger partial charge in [-0.1, -0.05) is 12.1 Å². The Labute approximate surface area is 124 Å². The molecule has 1 aliphatic heterocycles. The molecule has 1 saturated heterocycles. The summed E-state index contributed by atoms with van der Waals surface area (Å²) in [5, 5.41) is 8.69. The monoisotopic (exact) mass is 284 g/mol. The molecule has 110 valence electrons. The molecule has 1 aromatic carbocycles. The van der Waals surface area contributed by atoms with Crippen LogP contribution in [0.1, 0.15) is 12.8 Å². The van der Waals surface area contributed by atoms with Gasteiger partial charge in [0.1, 0.15) is 5.75 Å². The minimum atomic E-state index is 0.324. The number of methoxy groups -OCH3 is 1. The van der Waals surface area contributed by atoms with Crippen molar-refractivity contribution in [1.29, 1.82) is 0 Å². The van der Waals surface area contributed by atoms with Gasteiger partial charge in [0.25, 0.3) is 0 Å². The quantitative estimate of drug-likeness (QED) is 0.935. The number of nitrogens with two attached hydrogens (primary N) is 1. The van der Waals surface area contributed by atoms with Gasteiger partial charge in [-0.15, -0.1) is 10.2 Å². The molecule has 5 nitrogen and oxygen atoms in total. The summed E-state index contributed by atoms with van der Waals surface area (Å²) in [5.74, 6) is 1.75. The molecular weight excluding hydrogens is 264 g/mol. The Balaban J connectivity index is 1.77. The summed E-state index contributed by atoms with van der Waals surface area (Å²) in [4.78, 5) is 2.24. The molecule has 3 rings (SSSR count). The third kappa shape index (κ3) is 3.13. The van der Waals surface area contributed by atoms with Crippen LogP contribution in [0.3, 0.4) is 0 Å². The van der Waals surface area contributed by atoms with Crippen LogP contribution in [0, 0.1) is 0 Å². The molecule has 1 aromatic heterocycles. The van der Waals surface area contributed by atoms with Crippen LogP contribution in [0.5, 0.6) is 5.75 Å². The number of ether oxygens (including phenoxy) is 1. The van der Waals surface area contributed by atoms with Crippen molar-refractivity contribution in [2.45, 2.75) is 18.9 Å². The molecule has 0 spiro atoms. The van der Waals surface area contributed by atoms with Crippen LogP contribution in [-0.2, 0) is 0 Å². The van der Waals surface area contributed by atoms with Gasteiger partial charge in [0.05, 0.1) is 12.8 Å². The first-order valence-corrected chi connectivity index (χ1v) is 7.25. The van der Waals surface area contributed by atoms with E-state index in [9.17, 15) is 0 Å². The van der Waals surface area contributed by atoms with Crippen molar-refractivity contribution >= 4 is 5.82 Å². The number of hydrogen-bond donors (Lipinski definition) is 1. The number of nitrogens with zero attached hydrogens (tertiary/aromatic N) is 3. The highest BCUT2D eigenvalue weighted by Gasteiger charge is 2.17. The van der Waals surface area contributed by atoms with Crippen molar-refractivity contribution in [1.82, 2.24) is 10.2 Å². The molecule has 21 heavy (non-hydrogen) atoms. The molecule has 0 saturated carbocycles. The molecule has 0 atom stereocenters. The molecule has 5 heteroatoms. The number of rotatable bonds is 3. The molecule has 2 N–H and O–H groups in total. The summed E-state index contributed by atoms with van der Waals surface area (Å²) in [5.41, 5.74) is 7.79. The van der Waals surface area contributed by atoms with Gasteiger partial charge in [-0.05, 0) is 37.1 Å². The van der Waals surface area contributed by atoms with E-state index < -0.39 is 0 Å². The second kappa shape index (κ2) is 6.10. The maximum Gasteiger partial charge on any atom is 0.151 e. The van der Waals surface area contributed by atoms with Gasteiger partial charge in [-0.2, -0.15) is 0 Å². The predicted octanol–water partition coefficient (Wildman–Crippen LogP) is 2.08.